The molecule has 0 radical (unpaired) electrons. The molecule has 0 heterocycles. The van der Waals surface area contributed by atoms with Gasteiger partial charge in [-0.25, -0.2) is 4.79 Å². The van der Waals surface area contributed by atoms with Crippen molar-refractivity contribution in [2.75, 3.05) is 47.5 Å². The summed E-state index contributed by atoms with van der Waals surface area (Å²) < 4.78 is 23.0. The minimum atomic E-state index is -1.53. The fraction of sp³-hybridized carbons (Fsp3) is 0.598. The number of likely N-dealkylation sites (N-methyl/N-ethyl adjacent to an activating group) is 1. The molecule has 0 aliphatic rings. The summed E-state index contributed by atoms with van der Waals surface area (Å²) in [5.41, 5.74) is 0. The van der Waals surface area contributed by atoms with E-state index < -0.39 is 24.3 Å². The monoisotopic (exact) mass is 1400 g/mol. The summed E-state index contributed by atoms with van der Waals surface area (Å²) in [4.78, 5) is 37.8. The van der Waals surface area contributed by atoms with Crippen molar-refractivity contribution in [3.63, 3.8) is 0 Å². The number of hydrogen-bond acceptors (Lipinski definition) is 7. The van der Waals surface area contributed by atoms with Crippen molar-refractivity contribution in [2.45, 2.75) is 309 Å². The molecule has 1 N–H and O–H groups in total. The number of nitrogens with zero attached hydrogens (tertiary/aromatic N) is 1. The Morgan fingerprint density at radius 1 is 0.297 bits per heavy atom. The highest BCUT2D eigenvalue weighted by atomic mass is 16.7. The highest BCUT2D eigenvalue weighted by Crippen LogP contribution is 2.17. The lowest BCUT2D eigenvalue weighted by Gasteiger charge is -2.25. The number of rotatable bonds is 72. The van der Waals surface area contributed by atoms with Crippen LogP contribution in [0.5, 0.6) is 0 Å². The van der Waals surface area contributed by atoms with Crippen LogP contribution in [0.25, 0.3) is 0 Å². The van der Waals surface area contributed by atoms with Crippen molar-refractivity contribution < 1.29 is 42.9 Å². The minimum Gasteiger partial charge on any atom is -0.477 e. The lowest BCUT2D eigenvalue weighted by molar-refractivity contribution is -0.870. The molecule has 0 aliphatic carbocycles. The van der Waals surface area contributed by atoms with Gasteiger partial charge < -0.3 is 28.5 Å². The van der Waals surface area contributed by atoms with Crippen molar-refractivity contribution in [1.82, 2.24) is 0 Å². The molecule has 0 spiro atoms. The van der Waals surface area contributed by atoms with Crippen LogP contribution in [0, 0.1) is 0 Å². The number of carbonyl (C=O) groups excluding carboxylic acids is 2. The average molecular weight is 1400 g/mol. The Balaban J connectivity index is 4.13. The maximum atomic E-state index is 13.0. The summed E-state index contributed by atoms with van der Waals surface area (Å²) in [6.07, 6.45) is 121. The summed E-state index contributed by atoms with van der Waals surface area (Å²) in [5, 5.41) is 9.78. The predicted molar refractivity (Wildman–Crippen MR) is 437 cm³/mol. The first-order chi connectivity index (χ1) is 49.6. The molecular formula is C92H148NO8+. The number of ether oxygens (including phenoxy) is 4. The van der Waals surface area contributed by atoms with Gasteiger partial charge >= 0.3 is 17.9 Å². The van der Waals surface area contributed by atoms with Gasteiger partial charge in [-0.1, -0.05) is 342 Å². The van der Waals surface area contributed by atoms with Gasteiger partial charge in [-0.15, -0.1) is 0 Å². The predicted octanol–water partition coefficient (Wildman–Crippen LogP) is 26.3. The third-order valence-corrected chi connectivity index (χ3v) is 16.5. The Labute approximate surface area is 620 Å². The topological polar surface area (TPSA) is 108 Å². The molecule has 568 valence electrons. The zero-order valence-electron chi connectivity index (χ0n) is 65.0. The molecule has 0 fully saturated rings. The van der Waals surface area contributed by atoms with Crippen LogP contribution in [0.2, 0.25) is 0 Å². The lowest BCUT2D eigenvalue weighted by Crippen LogP contribution is -2.40. The van der Waals surface area contributed by atoms with Crippen molar-refractivity contribution in [2.24, 2.45) is 0 Å². The summed E-state index contributed by atoms with van der Waals surface area (Å²) >= 11 is 0. The van der Waals surface area contributed by atoms with Crippen molar-refractivity contribution in [3.05, 3.63) is 207 Å². The quantitative estimate of drug-likeness (QED) is 0.0211. The van der Waals surface area contributed by atoms with E-state index in [1.807, 2.05) is 21.1 Å². The smallest absolute Gasteiger partial charge is 0.361 e. The first-order valence-electron chi connectivity index (χ1n) is 40.2. The maximum Gasteiger partial charge on any atom is 0.361 e. The van der Waals surface area contributed by atoms with Gasteiger partial charge in [0.2, 0.25) is 0 Å². The fourth-order valence-corrected chi connectivity index (χ4v) is 10.5. The average Bonchev–Trinajstić information content (AvgIpc) is 1.21. The number of allylic oxidation sites excluding steroid dienone is 34. The van der Waals surface area contributed by atoms with Crippen molar-refractivity contribution >= 4 is 17.9 Å². The molecular weight excluding hydrogens is 1250 g/mol. The van der Waals surface area contributed by atoms with Gasteiger partial charge in [0, 0.05) is 12.8 Å². The molecule has 9 heteroatoms. The van der Waals surface area contributed by atoms with Gasteiger partial charge in [0.05, 0.1) is 34.4 Å². The van der Waals surface area contributed by atoms with Gasteiger partial charge in [-0.3, -0.25) is 9.59 Å². The van der Waals surface area contributed by atoms with E-state index in [1.165, 1.54) is 109 Å². The normalized spacial score (nSPS) is 13.8. The Morgan fingerprint density at radius 3 is 0.792 bits per heavy atom. The first kappa shape index (κ1) is 94.9. The zero-order chi connectivity index (χ0) is 73.2. The lowest BCUT2D eigenvalue weighted by atomic mass is 10.0. The Kier molecular flexibility index (Phi) is 74.7. The second kappa shape index (κ2) is 79.6. The largest absolute Gasteiger partial charge is 0.477 e. The SMILES string of the molecule is CC/C=C\C/C=C\C/C=C\C/C=C\C/C=C\C/C=C\C/C=C\C/C=C\C/C=C\C/C=C\CCCCCCCCCCC(=O)OC(COC(=O)CCCCCCCCCCCCCCCCC/C=C\C/C=C\C/C=C\C/C=C\C/C=C\C/C=C\C/C=C\CC)COC(OCC[N+](C)(C)C)C(=O)O. The van der Waals surface area contributed by atoms with E-state index in [0.29, 0.717) is 17.4 Å². The van der Waals surface area contributed by atoms with E-state index in [2.05, 4.69) is 220 Å². The number of hydrogen-bond donors (Lipinski definition) is 1. The molecule has 0 aliphatic heterocycles. The number of carboxylic acid groups (broad SMARTS) is 1. The molecule has 0 aromatic heterocycles. The van der Waals surface area contributed by atoms with Gasteiger partial charge in [0.15, 0.2) is 6.10 Å². The van der Waals surface area contributed by atoms with Crippen molar-refractivity contribution in [1.29, 1.82) is 0 Å². The van der Waals surface area contributed by atoms with E-state index in [0.717, 1.165) is 154 Å². The number of quaternary nitrogens is 1. The van der Waals surface area contributed by atoms with Crippen LogP contribution in [0.4, 0.5) is 0 Å². The van der Waals surface area contributed by atoms with Gasteiger partial charge in [0.1, 0.15) is 13.2 Å². The van der Waals surface area contributed by atoms with Gasteiger partial charge in [0.25, 0.3) is 6.29 Å². The Morgan fingerprint density at radius 2 is 0.535 bits per heavy atom. The van der Waals surface area contributed by atoms with E-state index >= 15 is 0 Å². The molecule has 0 saturated heterocycles. The van der Waals surface area contributed by atoms with Crippen molar-refractivity contribution in [3.8, 4) is 0 Å². The van der Waals surface area contributed by atoms with E-state index in [9.17, 15) is 19.5 Å². The second-order valence-corrected chi connectivity index (χ2v) is 27.3. The standard InChI is InChI=1S/C92H147NO8/c1-6-8-10-12-14-16-18-20-22-24-26-28-30-32-34-36-38-40-42-44-45-47-49-51-53-55-57-59-61-63-65-67-69-71-73-75-77-79-81-83-90(95)101-88(87-100-92(91(96)97)98-85-84-93(3,4)5)86-99-89(94)82-80-78-76-74-72-70-68-66-64-62-60-58-56-54-52-50-48-46-43-41-39-37-35-33-31-29-27-25-23-21-19-17-15-13-11-9-7-2/h8-11,14-17,20-23,26-29,32-35,38-41,44-46,48-49,51,55,57,61,63,88,92H,6-7,12-13,18-19,24-25,30-31,36-37,42-43,47,50,52-54,56,58-60,62,64-87H2,1-5H3/p+1/b10-8-,11-9-,16-14-,17-15-,22-20-,23-21-,28-26-,29-27-,34-32-,35-33-,40-38-,41-39-,45-44-,48-46-,51-49-,57-55-,63-61-. The van der Waals surface area contributed by atoms with E-state index in [4.69, 9.17) is 18.9 Å². The van der Waals surface area contributed by atoms with Crippen LogP contribution in [-0.4, -0.2) is 87.4 Å². The molecule has 101 heavy (non-hydrogen) atoms. The number of esters is 2. The molecule has 0 aromatic rings. The molecule has 0 rings (SSSR count). The van der Waals surface area contributed by atoms with Crippen LogP contribution < -0.4 is 0 Å². The summed E-state index contributed by atoms with van der Waals surface area (Å²) in [5.74, 6) is -2.03. The van der Waals surface area contributed by atoms with E-state index in [-0.39, 0.29) is 38.6 Å². The third kappa shape index (κ3) is 81.0. The van der Waals surface area contributed by atoms with Gasteiger partial charge in [-0.2, -0.15) is 0 Å². The summed E-state index contributed by atoms with van der Waals surface area (Å²) in [7, 11) is 5.97. The van der Waals surface area contributed by atoms with Crippen LogP contribution >= 0.6 is 0 Å². The number of unbranched alkanes of at least 4 members (excludes halogenated alkanes) is 23. The highest BCUT2D eigenvalue weighted by Gasteiger charge is 2.25. The molecule has 2 atom stereocenters. The fourth-order valence-electron chi connectivity index (χ4n) is 10.5. The molecule has 0 saturated carbocycles. The highest BCUT2D eigenvalue weighted by molar-refractivity contribution is 5.71. The van der Waals surface area contributed by atoms with Crippen LogP contribution in [0.1, 0.15) is 296 Å². The number of carbonyl (C=O) groups is 3. The molecule has 9 nitrogen and oxygen atoms in total. The summed E-state index contributed by atoms with van der Waals surface area (Å²) in [6, 6.07) is 0. The first-order valence-corrected chi connectivity index (χ1v) is 40.2. The van der Waals surface area contributed by atoms with Crippen LogP contribution in [-0.2, 0) is 33.3 Å². The molecule has 0 amide bonds. The molecule has 2 unspecified atom stereocenters. The third-order valence-electron chi connectivity index (χ3n) is 16.5. The van der Waals surface area contributed by atoms with Gasteiger partial charge in [-0.05, 0) is 148 Å². The number of aliphatic carboxylic acids is 1. The second-order valence-electron chi connectivity index (χ2n) is 27.3. The summed E-state index contributed by atoms with van der Waals surface area (Å²) in [6.45, 7) is 4.63. The molecule has 0 bridgehead atoms. The Bertz CT molecular complexity index is 2420. The Hall–Kier alpha value is -6.13. The number of carboxylic acids is 1. The minimum absolute atomic E-state index is 0.177. The maximum absolute atomic E-state index is 13.0. The van der Waals surface area contributed by atoms with Crippen LogP contribution in [0.3, 0.4) is 0 Å². The molecule has 0 aromatic carbocycles. The van der Waals surface area contributed by atoms with E-state index in [1.54, 1.807) is 0 Å². The van der Waals surface area contributed by atoms with Crippen LogP contribution in [0.15, 0.2) is 207 Å². The zero-order valence-corrected chi connectivity index (χ0v) is 65.0.